The summed E-state index contributed by atoms with van der Waals surface area (Å²) in [5, 5.41) is 7.81. The van der Waals surface area contributed by atoms with E-state index < -0.39 is 0 Å². The molecular formula is C25H23N3O3S. The molecule has 0 bridgehead atoms. The van der Waals surface area contributed by atoms with Crippen molar-refractivity contribution in [1.82, 2.24) is 0 Å². The van der Waals surface area contributed by atoms with Crippen LogP contribution in [0, 0.1) is 12.8 Å². The summed E-state index contributed by atoms with van der Waals surface area (Å²) < 4.78 is 0. The Balaban J connectivity index is 1.46. The van der Waals surface area contributed by atoms with Gasteiger partial charge in [-0.1, -0.05) is 23.8 Å². The first-order valence-electron chi connectivity index (χ1n) is 10.7. The van der Waals surface area contributed by atoms with Crippen molar-refractivity contribution in [3.63, 3.8) is 0 Å². The SMILES string of the molecule is Cc1ccc(N2C(=O)CCC(C(=O)Nc3ccc4c(c3)CC(=O)N4)C2c2cccs2)cc1. The minimum atomic E-state index is -0.388. The van der Waals surface area contributed by atoms with Gasteiger partial charge >= 0.3 is 0 Å². The predicted molar refractivity (Wildman–Crippen MR) is 126 cm³/mol. The molecule has 3 aromatic rings. The van der Waals surface area contributed by atoms with Gasteiger partial charge in [0.25, 0.3) is 0 Å². The number of rotatable bonds is 4. The third kappa shape index (κ3) is 3.80. The van der Waals surface area contributed by atoms with Crippen molar-refractivity contribution in [2.45, 2.75) is 32.2 Å². The normalized spacial score (nSPS) is 20.1. The lowest BCUT2D eigenvalue weighted by Gasteiger charge is -2.40. The minimum absolute atomic E-state index is 0.0263. The summed E-state index contributed by atoms with van der Waals surface area (Å²) in [5.74, 6) is -0.523. The monoisotopic (exact) mass is 445 g/mol. The van der Waals surface area contributed by atoms with Gasteiger partial charge in [-0.2, -0.15) is 0 Å². The molecule has 3 amide bonds. The van der Waals surface area contributed by atoms with Gasteiger partial charge in [-0.05, 0) is 60.7 Å². The van der Waals surface area contributed by atoms with Crippen LogP contribution in [-0.2, 0) is 20.8 Å². The van der Waals surface area contributed by atoms with Gasteiger partial charge in [-0.15, -0.1) is 11.3 Å². The molecule has 2 aromatic carbocycles. The number of nitrogens with one attached hydrogen (secondary N) is 2. The number of amides is 3. The van der Waals surface area contributed by atoms with E-state index in [1.807, 2.05) is 60.8 Å². The Morgan fingerprint density at radius 1 is 1.12 bits per heavy atom. The average molecular weight is 446 g/mol. The summed E-state index contributed by atoms with van der Waals surface area (Å²) in [7, 11) is 0. The second kappa shape index (κ2) is 8.24. The Hall–Kier alpha value is -3.45. The van der Waals surface area contributed by atoms with Crippen LogP contribution in [-0.4, -0.2) is 17.7 Å². The largest absolute Gasteiger partial charge is 0.326 e. The molecule has 6 nitrogen and oxygen atoms in total. The van der Waals surface area contributed by atoms with E-state index in [-0.39, 0.29) is 29.7 Å². The van der Waals surface area contributed by atoms with Gasteiger partial charge in [0, 0.05) is 28.4 Å². The Morgan fingerprint density at radius 3 is 2.69 bits per heavy atom. The second-order valence-electron chi connectivity index (χ2n) is 8.29. The van der Waals surface area contributed by atoms with Crippen molar-refractivity contribution in [2.75, 3.05) is 15.5 Å². The minimum Gasteiger partial charge on any atom is -0.326 e. The number of benzene rings is 2. The number of hydrogen-bond donors (Lipinski definition) is 2. The van der Waals surface area contributed by atoms with E-state index >= 15 is 0 Å². The third-order valence-electron chi connectivity index (χ3n) is 6.08. The molecule has 1 aromatic heterocycles. The van der Waals surface area contributed by atoms with Gasteiger partial charge in [0.2, 0.25) is 17.7 Å². The average Bonchev–Trinajstić information content (AvgIpc) is 3.43. The summed E-state index contributed by atoms with van der Waals surface area (Å²) in [6.45, 7) is 2.01. The number of nitrogens with zero attached hydrogens (tertiary/aromatic N) is 1. The molecule has 2 aliphatic rings. The maximum atomic E-state index is 13.4. The van der Waals surface area contributed by atoms with E-state index in [2.05, 4.69) is 10.6 Å². The number of carbonyl (C=O) groups excluding carboxylic acids is 3. The summed E-state index contributed by atoms with van der Waals surface area (Å²) in [4.78, 5) is 40.9. The molecule has 0 saturated carbocycles. The fourth-order valence-electron chi connectivity index (χ4n) is 4.50. The van der Waals surface area contributed by atoms with Gasteiger partial charge in [0.05, 0.1) is 18.4 Å². The first kappa shape index (κ1) is 20.5. The smallest absolute Gasteiger partial charge is 0.229 e. The van der Waals surface area contributed by atoms with Gasteiger partial charge in [-0.25, -0.2) is 0 Å². The lowest BCUT2D eigenvalue weighted by molar-refractivity contribution is -0.126. The molecule has 2 aliphatic heterocycles. The number of piperidine rings is 1. The van der Waals surface area contributed by atoms with Crippen LogP contribution >= 0.6 is 11.3 Å². The molecule has 0 aliphatic carbocycles. The zero-order valence-corrected chi connectivity index (χ0v) is 18.4. The zero-order valence-electron chi connectivity index (χ0n) is 17.6. The summed E-state index contributed by atoms with van der Waals surface area (Å²) >= 11 is 1.56. The number of aryl methyl sites for hydroxylation is 1. The molecule has 0 radical (unpaired) electrons. The highest BCUT2D eigenvalue weighted by Gasteiger charge is 2.42. The van der Waals surface area contributed by atoms with Crippen LogP contribution in [0.15, 0.2) is 60.0 Å². The number of anilines is 3. The molecule has 1 fully saturated rings. The van der Waals surface area contributed by atoms with Gasteiger partial charge < -0.3 is 15.5 Å². The molecule has 2 N–H and O–H groups in total. The first-order valence-corrected chi connectivity index (χ1v) is 11.5. The van der Waals surface area contributed by atoms with Crippen LogP contribution < -0.4 is 15.5 Å². The lowest BCUT2D eigenvalue weighted by Crippen LogP contribution is -2.46. The molecular weight excluding hydrogens is 422 g/mol. The van der Waals surface area contributed by atoms with Gasteiger partial charge in [-0.3, -0.25) is 14.4 Å². The maximum Gasteiger partial charge on any atom is 0.229 e. The van der Waals surface area contributed by atoms with Crippen LogP contribution in [0.2, 0.25) is 0 Å². The predicted octanol–water partition coefficient (Wildman–Crippen LogP) is 4.67. The fraction of sp³-hybridized carbons (Fsp3) is 0.240. The molecule has 3 heterocycles. The summed E-state index contributed by atoms with van der Waals surface area (Å²) in [6, 6.07) is 16.9. The van der Waals surface area contributed by atoms with Crippen molar-refractivity contribution in [1.29, 1.82) is 0 Å². The van der Waals surface area contributed by atoms with E-state index in [1.165, 1.54) is 0 Å². The zero-order chi connectivity index (χ0) is 22.2. The summed E-state index contributed by atoms with van der Waals surface area (Å²) in [5.41, 5.74) is 4.25. The Kier molecular flexibility index (Phi) is 5.27. The number of thiophene rings is 1. The first-order chi connectivity index (χ1) is 15.5. The number of hydrogen-bond acceptors (Lipinski definition) is 4. The highest BCUT2D eigenvalue weighted by molar-refractivity contribution is 7.10. The Morgan fingerprint density at radius 2 is 1.94 bits per heavy atom. The quantitative estimate of drug-likeness (QED) is 0.612. The topological polar surface area (TPSA) is 78.5 Å². The van der Waals surface area contributed by atoms with Crippen molar-refractivity contribution in [3.8, 4) is 0 Å². The Labute approximate surface area is 190 Å². The Bertz CT molecular complexity index is 1190. The molecule has 7 heteroatoms. The third-order valence-corrected chi connectivity index (χ3v) is 7.02. The molecule has 5 rings (SSSR count). The molecule has 1 saturated heterocycles. The van der Waals surface area contributed by atoms with Crippen molar-refractivity contribution in [3.05, 3.63) is 76.0 Å². The highest BCUT2D eigenvalue weighted by Crippen LogP contribution is 2.42. The van der Waals surface area contributed by atoms with E-state index in [1.54, 1.807) is 22.3 Å². The van der Waals surface area contributed by atoms with Crippen LogP contribution in [0.4, 0.5) is 17.1 Å². The number of fused-ring (bicyclic) bond motifs is 1. The maximum absolute atomic E-state index is 13.4. The van der Waals surface area contributed by atoms with Crippen LogP contribution in [0.5, 0.6) is 0 Å². The lowest BCUT2D eigenvalue weighted by atomic mass is 9.86. The summed E-state index contributed by atoms with van der Waals surface area (Å²) in [6.07, 6.45) is 1.12. The van der Waals surface area contributed by atoms with E-state index in [0.717, 1.165) is 27.4 Å². The standard InChI is InChI=1S/C25H23N3O3S/c1-15-4-7-18(8-5-15)28-23(30)11-9-19(24(28)21-3-2-12-32-21)25(31)26-17-6-10-20-16(13-17)14-22(29)27-20/h2-8,10,12-13,19,24H,9,11,14H2,1H3,(H,26,31)(H,27,29). The van der Waals surface area contributed by atoms with Crippen molar-refractivity contribution >= 4 is 46.1 Å². The van der Waals surface area contributed by atoms with Crippen molar-refractivity contribution in [2.24, 2.45) is 5.92 Å². The van der Waals surface area contributed by atoms with Crippen LogP contribution in [0.1, 0.15) is 34.9 Å². The van der Waals surface area contributed by atoms with Crippen LogP contribution in [0.3, 0.4) is 0 Å². The van der Waals surface area contributed by atoms with Crippen molar-refractivity contribution < 1.29 is 14.4 Å². The van der Waals surface area contributed by atoms with Crippen LogP contribution in [0.25, 0.3) is 0 Å². The second-order valence-corrected chi connectivity index (χ2v) is 9.27. The fourth-order valence-corrected chi connectivity index (χ4v) is 5.38. The molecule has 0 spiro atoms. The van der Waals surface area contributed by atoms with Gasteiger partial charge in [0.1, 0.15) is 0 Å². The van der Waals surface area contributed by atoms with E-state index in [4.69, 9.17) is 0 Å². The molecule has 32 heavy (non-hydrogen) atoms. The molecule has 2 unspecified atom stereocenters. The van der Waals surface area contributed by atoms with E-state index in [9.17, 15) is 14.4 Å². The van der Waals surface area contributed by atoms with Gasteiger partial charge in [0.15, 0.2) is 0 Å². The highest BCUT2D eigenvalue weighted by atomic mass is 32.1. The number of carbonyl (C=O) groups is 3. The molecule has 2 atom stereocenters. The molecule has 162 valence electrons. The van der Waals surface area contributed by atoms with E-state index in [0.29, 0.717) is 24.9 Å².